The Hall–Kier alpha value is -1.62. The Morgan fingerprint density at radius 2 is 1.82 bits per heavy atom. The van der Waals surface area contributed by atoms with Crippen LogP contribution >= 0.6 is 0 Å². The van der Waals surface area contributed by atoms with E-state index in [-0.39, 0.29) is 6.10 Å². The molecule has 1 atom stereocenters. The largest absolute Gasteiger partial charge is 0.458 e. The molecule has 0 heterocycles. The van der Waals surface area contributed by atoms with Crippen molar-refractivity contribution < 1.29 is 23.8 Å². The first kappa shape index (κ1) is 18.4. The molecule has 0 saturated heterocycles. The van der Waals surface area contributed by atoms with E-state index in [0.717, 1.165) is 0 Å². The van der Waals surface area contributed by atoms with E-state index in [1.807, 2.05) is 34.6 Å². The van der Waals surface area contributed by atoms with Crippen molar-refractivity contribution in [2.24, 2.45) is 5.41 Å². The van der Waals surface area contributed by atoms with Crippen molar-refractivity contribution in [2.75, 3.05) is 0 Å². The average molecular weight is 310 g/mol. The van der Waals surface area contributed by atoms with Crippen LogP contribution in [0.3, 0.4) is 0 Å². The van der Waals surface area contributed by atoms with E-state index in [2.05, 4.69) is 0 Å². The number of rotatable bonds is 5. The molecular weight excluding hydrogens is 284 g/mol. The lowest BCUT2D eigenvalue weighted by atomic mass is 9.82. The molecule has 5 heteroatoms. The van der Waals surface area contributed by atoms with E-state index in [9.17, 15) is 9.59 Å². The van der Waals surface area contributed by atoms with Crippen molar-refractivity contribution in [2.45, 2.75) is 65.8 Å². The molecule has 0 aromatic carbocycles. The lowest BCUT2D eigenvalue weighted by Gasteiger charge is -2.38. The molecule has 0 bridgehead atoms. The van der Waals surface area contributed by atoms with Gasteiger partial charge in [0.05, 0.1) is 6.10 Å². The minimum atomic E-state index is -1.09. The number of allylic oxidation sites excluding steroid dienone is 1. The van der Waals surface area contributed by atoms with Gasteiger partial charge in [0.25, 0.3) is 6.47 Å². The average Bonchev–Trinajstić information content (AvgIpc) is 2.30. The lowest BCUT2D eigenvalue weighted by molar-refractivity contribution is -0.187. The Morgan fingerprint density at radius 1 is 1.23 bits per heavy atom. The highest BCUT2D eigenvalue weighted by atomic mass is 16.6. The normalized spacial score (nSPS) is 21.0. The van der Waals surface area contributed by atoms with E-state index < -0.39 is 22.6 Å². The highest BCUT2D eigenvalue weighted by Crippen LogP contribution is 2.35. The zero-order chi connectivity index (χ0) is 17.2. The van der Waals surface area contributed by atoms with Crippen LogP contribution in [0.25, 0.3) is 0 Å². The Bertz CT molecular complexity index is 492. The third kappa shape index (κ3) is 4.98. The van der Waals surface area contributed by atoms with Crippen LogP contribution in [0.15, 0.2) is 24.0 Å². The Balaban J connectivity index is 2.84. The second-order valence-electron chi connectivity index (χ2n) is 7.49. The summed E-state index contributed by atoms with van der Waals surface area (Å²) in [6.07, 6.45) is 4.91. The van der Waals surface area contributed by atoms with Crippen LogP contribution in [0.5, 0.6) is 0 Å². The molecule has 0 radical (unpaired) electrons. The first-order valence-corrected chi connectivity index (χ1v) is 7.30. The molecule has 0 spiro atoms. The fourth-order valence-electron chi connectivity index (χ4n) is 2.01. The van der Waals surface area contributed by atoms with Gasteiger partial charge in [0.2, 0.25) is 0 Å². The third-order valence-corrected chi connectivity index (χ3v) is 3.18. The predicted molar refractivity (Wildman–Crippen MR) is 83.0 cm³/mol. The Kier molecular flexibility index (Phi) is 5.23. The number of ether oxygens (including phenoxy) is 3. The van der Waals surface area contributed by atoms with Gasteiger partial charge in [0, 0.05) is 5.41 Å². The Morgan fingerprint density at radius 3 is 2.27 bits per heavy atom. The van der Waals surface area contributed by atoms with Crippen molar-refractivity contribution in [3.8, 4) is 0 Å². The molecule has 0 aromatic heterocycles. The van der Waals surface area contributed by atoms with Crippen LogP contribution in [0, 0.1) is 5.41 Å². The summed E-state index contributed by atoms with van der Waals surface area (Å²) in [4.78, 5) is 22.7. The van der Waals surface area contributed by atoms with Gasteiger partial charge in [-0.25, -0.2) is 4.79 Å². The number of carbonyl (C=O) groups is 2. The summed E-state index contributed by atoms with van der Waals surface area (Å²) < 4.78 is 16.2. The molecule has 0 saturated carbocycles. The van der Waals surface area contributed by atoms with Crippen LogP contribution in [0.1, 0.15) is 48.5 Å². The smallest absolute Gasteiger partial charge is 0.338 e. The van der Waals surface area contributed by atoms with Crippen LogP contribution in [-0.4, -0.2) is 29.7 Å². The standard InChI is InChI=1S/C17H26O5/c1-15(2,3)22-14(19)17(6,7)21-13-9-8-12(20-11-18)10-16(13,4)5/h8-11,13H,1-7H3. The number of hydrogen-bond acceptors (Lipinski definition) is 5. The first-order valence-electron chi connectivity index (χ1n) is 7.30. The van der Waals surface area contributed by atoms with Gasteiger partial charge in [0.15, 0.2) is 5.60 Å². The highest BCUT2D eigenvalue weighted by Gasteiger charge is 2.40. The molecule has 0 aliphatic heterocycles. The summed E-state index contributed by atoms with van der Waals surface area (Å²) in [5, 5.41) is 0. The molecule has 22 heavy (non-hydrogen) atoms. The molecule has 0 fully saturated rings. The third-order valence-electron chi connectivity index (χ3n) is 3.18. The number of hydrogen-bond donors (Lipinski definition) is 0. The van der Waals surface area contributed by atoms with E-state index >= 15 is 0 Å². The van der Waals surface area contributed by atoms with Crippen LogP contribution in [0.4, 0.5) is 0 Å². The maximum Gasteiger partial charge on any atom is 0.338 e. The number of esters is 1. The maximum absolute atomic E-state index is 12.3. The summed E-state index contributed by atoms with van der Waals surface area (Å²) in [6.45, 7) is 13.1. The van der Waals surface area contributed by atoms with Gasteiger partial charge < -0.3 is 14.2 Å². The summed E-state index contributed by atoms with van der Waals surface area (Å²) >= 11 is 0. The van der Waals surface area contributed by atoms with Gasteiger partial charge in [-0.05, 0) is 46.8 Å². The van der Waals surface area contributed by atoms with Crippen LogP contribution < -0.4 is 0 Å². The molecule has 5 nitrogen and oxygen atoms in total. The molecule has 0 N–H and O–H groups in total. The van der Waals surface area contributed by atoms with Gasteiger partial charge >= 0.3 is 5.97 Å². The van der Waals surface area contributed by atoms with Gasteiger partial charge in [-0.1, -0.05) is 19.9 Å². The minimum absolute atomic E-state index is 0.339. The maximum atomic E-state index is 12.3. The molecule has 1 rings (SSSR count). The lowest BCUT2D eigenvalue weighted by Crippen LogP contribution is -2.46. The van der Waals surface area contributed by atoms with E-state index in [1.54, 1.807) is 32.1 Å². The molecular formula is C17H26O5. The predicted octanol–water partition coefficient (Wildman–Crippen LogP) is 3.14. The van der Waals surface area contributed by atoms with E-state index in [1.165, 1.54) is 0 Å². The second-order valence-corrected chi connectivity index (χ2v) is 7.49. The summed E-state index contributed by atoms with van der Waals surface area (Å²) in [5.74, 6) is 0.0537. The van der Waals surface area contributed by atoms with Crippen molar-refractivity contribution in [1.29, 1.82) is 0 Å². The van der Waals surface area contributed by atoms with Gasteiger partial charge in [0.1, 0.15) is 11.4 Å². The van der Waals surface area contributed by atoms with Crippen molar-refractivity contribution in [3.63, 3.8) is 0 Å². The zero-order valence-electron chi connectivity index (χ0n) is 14.4. The Labute approximate surface area is 132 Å². The van der Waals surface area contributed by atoms with Crippen LogP contribution in [-0.2, 0) is 23.8 Å². The fraction of sp³-hybridized carbons (Fsp3) is 0.647. The molecule has 0 aromatic rings. The molecule has 1 aliphatic rings. The minimum Gasteiger partial charge on any atom is -0.458 e. The molecule has 1 aliphatic carbocycles. The first-order chi connectivity index (χ1) is 9.87. The fourth-order valence-corrected chi connectivity index (χ4v) is 2.01. The number of carbonyl (C=O) groups excluding carboxylic acids is 2. The van der Waals surface area contributed by atoms with Crippen LogP contribution in [0.2, 0.25) is 0 Å². The van der Waals surface area contributed by atoms with Gasteiger partial charge in [-0.15, -0.1) is 0 Å². The van der Waals surface area contributed by atoms with Gasteiger partial charge in [-0.3, -0.25) is 4.79 Å². The molecule has 124 valence electrons. The molecule has 1 unspecified atom stereocenters. The topological polar surface area (TPSA) is 61.8 Å². The SMILES string of the molecule is CC(C)(C)OC(=O)C(C)(C)OC1C=CC(OC=O)=CC1(C)C. The summed E-state index contributed by atoms with van der Waals surface area (Å²) in [6, 6.07) is 0. The molecule has 0 amide bonds. The second kappa shape index (κ2) is 6.24. The summed E-state index contributed by atoms with van der Waals surface area (Å²) in [5.41, 5.74) is -2.08. The zero-order valence-corrected chi connectivity index (χ0v) is 14.4. The van der Waals surface area contributed by atoms with E-state index in [0.29, 0.717) is 12.2 Å². The van der Waals surface area contributed by atoms with Gasteiger partial charge in [-0.2, -0.15) is 0 Å². The highest BCUT2D eigenvalue weighted by molar-refractivity contribution is 5.79. The summed E-state index contributed by atoms with van der Waals surface area (Å²) in [7, 11) is 0. The van der Waals surface area contributed by atoms with Crippen molar-refractivity contribution in [1.82, 2.24) is 0 Å². The monoisotopic (exact) mass is 310 g/mol. The van der Waals surface area contributed by atoms with Crippen molar-refractivity contribution >= 4 is 12.4 Å². The quantitative estimate of drug-likeness (QED) is 0.576. The van der Waals surface area contributed by atoms with E-state index in [4.69, 9.17) is 14.2 Å². The van der Waals surface area contributed by atoms with Crippen molar-refractivity contribution in [3.05, 3.63) is 24.0 Å².